The molecule has 0 bridgehead atoms. The smallest absolute Gasteiger partial charge is 0.222 e. The number of nitrogens with zero attached hydrogens (tertiary/aromatic N) is 2. The van der Waals surface area contributed by atoms with Crippen molar-refractivity contribution in [1.82, 2.24) is 9.88 Å². The van der Waals surface area contributed by atoms with Crippen LogP contribution in [0.15, 0.2) is 24.5 Å². The number of aryl methyl sites for hydroxylation is 1. The first-order valence-corrected chi connectivity index (χ1v) is 6.53. The normalized spacial score (nSPS) is 16.6. The van der Waals surface area contributed by atoms with Gasteiger partial charge in [-0.25, -0.2) is 0 Å². The van der Waals surface area contributed by atoms with Gasteiger partial charge < -0.3 is 4.90 Å². The molecule has 1 aliphatic heterocycles. The molecule has 0 aliphatic carbocycles. The lowest BCUT2D eigenvalue weighted by molar-refractivity contribution is -0.131. The van der Waals surface area contributed by atoms with Crippen LogP contribution >= 0.6 is 0 Å². The second-order valence-corrected chi connectivity index (χ2v) is 4.65. The first kappa shape index (κ1) is 12.1. The summed E-state index contributed by atoms with van der Waals surface area (Å²) in [5.41, 5.74) is 1.20. The Morgan fingerprint density at radius 1 is 1.12 bits per heavy atom. The molecule has 2 heterocycles. The molecule has 1 amide bonds. The molecule has 1 fully saturated rings. The van der Waals surface area contributed by atoms with Gasteiger partial charge in [-0.3, -0.25) is 9.78 Å². The first-order chi connectivity index (χ1) is 8.36. The first-order valence-electron chi connectivity index (χ1n) is 6.53. The van der Waals surface area contributed by atoms with Crippen molar-refractivity contribution >= 4 is 5.91 Å². The zero-order valence-electron chi connectivity index (χ0n) is 10.3. The maximum Gasteiger partial charge on any atom is 0.222 e. The molecule has 0 N–H and O–H groups in total. The summed E-state index contributed by atoms with van der Waals surface area (Å²) in [4.78, 5) is 18.0. The summed E-state index contributed by atoms with van der Waals surface area (Å²) in [6, 6.07) is 3.96. The number of pyridine rings is 1. The van der Waals surface area contributed by atoms with Crippen LogP contribution < -0.4 is 0 Å². The third-order valence-electron chi connectivity index (χ3n) is 3.34. The van der Waals surface area contributed by atoms with Gasteiger partial charge in [-0.15, -0.1) is 0 Å². The van der Waals surface area contributed by atoms with Crippen LogP contribution in [0.4, 0.5) is 0 Å². The monoisotopic (exact) mass is 232 g/mol. The Kier molecular flexibility index (Phi) is 4.54. The summed E-state index contributed by atoms with van der Waals surface area (Å²) in [5.74, 6) is 0.309. The molecule has 0 atom stereocenters. The van der Waals surface area contributed by atoms with E-state index in [1.54, 1.807) is 12.4 Å². The third-order valence-corrected chi connectivity index (χ3v) is 3.34. The van der Waals surface area contributed by atoms with Crippen LogP contribution in [0.2, 0.25) is 0 Å². The lowest BCUT2D eigenvalue weighted by Crippen LogP contribution is -2.31. The molecule has 3 heteroatoms. The number of carbonyl (C=O) groups is 1. The Morgan fingerprint density at radius 3 is 2.41 bits per heavy atom. The molecule has 1 aromatic rings. The Morgan fingerprint density at radius 2 is 1.76 bits per heavy atom. The highest BCUT2D eigenvalue weighted by molar-refractivity contribution is 5.76. The second kappa shape index (κ2) is 6.38. The lowest BCUT2D eigenvalue weighted by atomic mass is 10.1. The summed E-state index contributed by atoms with van der Waals surface area (Å²) >= 11 is 0. The maximum atomic E-state index is 12.0. The van der Waals surface area contributed by atoms with E-state index < -0.39 is 0 Å². The van der Waals surface area contributed by atoms with Crippen LogP contribution in [0.5, 0.6) is 0 Å². The van der Waals surface area contributed by atoms with Crippen LogP contribution in [0.1, 0.15) is 37.7 Å². The SMILES string of the molecule is O=C(CCc1ccncc1)N1CCCCCC1. The van der Waals surface area contributed by atoms with Crippen molar-refractivity contribution in [1.29, 1.82) is 0 Å². The number of hydrogen-bond acceptors (Lipinski definition) is 2. The quantitative estimate of drug-likeness (QED) is 0.802. The van der Waals surface area contributed by atoms with Crippen molar-refractivity contribution in [3.63, 3.8) is 0 Å². The minimum atomic E-state index is 0.309. The van der Waals surface area contributed by atoms with E-state index in [0.717, 1.165) is 19.5 Å². The molecule has 1 aliphatic rings. The number of amides is 1. The molecule has 0 aromatic carbocycles. The van der Waals surface area contributed by atoms with Gasteiger partial charge >= 0.3 is 0 Å². The van der Waals surface area contributed by atoms with Gasteiger partial charge in [0.15, 0.2) is 0 Å². The second-order valence-electron chi connectivity index (χ2n) is 4.65. The Balaban J connectivity index is 1.80. The van der Waals surface area contributed by atoms with Crippen molar-refractivity contribution in [3.05, 3.63) is 30.1 Å². The Hall–Kier alpha value is -1.38. The average molecular weight is 232 g/mol. The van der Waals surface area contributed by atoms with E-state index in [-0.39, 0.29) is 0 Å². The molecule has 0 spiro atoms. The van der Waals surface area contributed by atoms with Crippen LogP contribution in [0.3, 0.4) is 0 Å². The molecular formula is C14H20N2O. The van der Waals surface area contributed by atoms with Gasteiger partial charge in [0, 0.05) is 31.9 Å². The van der Waals surface area contributed by atoms with Crippen molar-refractivity contribution in [2.45, 2.75) is 38.5 Å². The molecule has 1 saturated heterocycles. The summed E-state index contributed by atoms with van der Waals surface area (Å²) < 4.78 is 0. The van der Waals surface area contributed by atoms with E-state index >= 15 is 0 Å². The highest BCUT2D eigenvalue weighted by Gasteiger charge is 2.14. The van der Waals surface area contributed by atoms with Gasteiger partial charge in [-0.1, -0.05) is 12.8 Å². The number of carbonyl (C=O) groups excluding carboxylic acids is 1. The molecule has 17 heavy (non-hydrogen) atoms. The molecular weight excluding hydrogens is 212 g/mol. The van der Waals surface area contributed by atoms with Gasteiger partial charge in [-0.05, 0) is 37.0 Å². The van der Waals surface area contributed by atoms with Crippen LogP contribution in [0, 0.1) is 0 Å². The minimum Gasteiger partial charge on any atom is -0.343 e. The van der Waals surface area contributed by atoms with Crippen LogP contribution in [0.25, 0.3) is 0 Å². The third kappa shape index (κ3) is 3.84. The fourth-order valence-corrected chi connectivity index (χ4v) is 2.28. The molecule has 2 rings (SSSR count). The summed E-state index contributed by atoms with van der Waals surface area (Å²) in [6.45, 7) is 1.91. The van der Waals surface area contributed by atoms with E-state index in [0.29, 0.717) is 12.3 Å². The molecule has 0 saturated carbocycles. The van der Waals surface area contributed by atoms with E-state index in [4.69, 9.17) is 0 Å². The van der Waals surface area contributed by atoms with Crippen molar-refractivity contribution in [2.75, 3.05) is 13.1 Å². The molecule has 0 unspecified atom stereocenters. The van der Waals surface area contributed by atoms with Crippen molar-refractivity contribution in [2.24, 2.45) is 0 Å². The highest BCUT2D eigenvalue weighted by atomic mass is 16.2. The standard InChI is InChI=1S/C14H20N2O/c17-14(16-11-3-1-2-4-12-16)6-5-13-7-9-15-10-8-13/h7-10H,1-6,11-12H2. The lowest BCUT2D eigenvalue weighted by Gasteiger charge is -2.20. The van der Waals surface area contributed by atoms with Crippen molar-refractivity contribution < 1.29 is 4.79 Å². The molecule has 92 valence electrons. The fourth-order valence-electron chi connectivity index (χ4n) is 2.28. The van der Waals surface area contributed by atoms with E-state index in [1.807, 2.05) is 17.0 Å². The van der Waals surface area contributed by atoms with Crippen molar-refractivity contribution in [3.8, 4) is 0 Å². The van der Waals surface area contributed by atoms with Crippen LogP contribution in [-0.4, -0.2) is 28.9 Å². The van der Waals surface area contributed by atoms with Gasteiger partial charge in [0.1, 0.15) is 0 Å². The molecule has 0 radical (unpaired) electrons. The van der Waals surface area contributed by atoms with Crippen LogP contribution in [-0.2, 0) is 11.2 Å². The topological polar surface area (TPSA) is 33.2 Å². The number of aromatic nitrogens is 1. The predicted octanol–water partition coefficient (Wildman–Crippen LogP) is 2.42. The highest BCUT2D eigenvalue weighted by Crippen LogP contribution is 2.11. The molecule has 1 aromatic heterocycles. The van der Waals surface area contributed by atoms with Gasteiger partial charge in [0.25, 0.3) is 0 Å². The zero-order valence-corrected chi connectivity index (χ0v) is 10.3. The average Bonchev–Trinajstić information content (AvgIpc) is 2.66. The summed E-state index contributed by atoms with van der Waals surface area (Å²) in [6.07, 6.45) is 9.91. The van der Waals surface area contributed by atoms with E-state index in [2.05, 4.69) is 4.98 Å². The van der Waals surface area contributed by atoms with Gasteiger partial charge in [-0.2, -0.15) is 0 Å². The number of hydrogen-bond donors (Lipinski definition) is 0. The van der Waals surface area contributed by atoms with E-state index in [9.17, 15) is 4.79 Å². The van der Waals surface area contributed by atoms with Gasteiger partial charge in [0.05, 0.1) is 0 Å². The number of rotatable bonds is 3. The van der Waals surface area contributed by atoms with E-state index in [1.165, 1.54) is 31.2 Å². The largest absolute Gasteiger partial charge is 0.343 e. The fraction of sp³-hybridized carbons (Fsp3) is 0.571. The minimum absolute atomic E-state index is 0.309. The van der Waals surface area contributed by atoms with Gasteiger partial charge in [0.2, 0.25) is 5.91 Å². The maximum absolute atomic E-state index is 12.0. The predicted molar refractivity (Wildman–Crippen MR) is 67.6 cm³/mol. The number of likely N-dealkylation sites (tertiary alicyclic amines) is 1. The summed E-state index contributed by atoms with van der Waals surface area (Å²) in [5, 5.41) is 0. The zero-order chi connectivity index (χ0) is 11.9. The molecule has 3 nitrogen and oxygen atoms in total. The Labute approximate surface area is 103 Å². The summed E-state index contributed by atoms with van der Waals surface area (Å²) in [7, 11) is 0. The Bertz CT molecular complexity index is 342.